The van der Waals surface area contributed by atoms with Crippen LogP contribution in [0.3, 0.4) is 0 Å². The van der Waals surface area contributed by atoms with Gasteiger partial charge in [-0.3, -0.25) is 0 Å². The Bertz CT molecular complexity index is 441. The molecule has 0 heterocycles. The zero-order valence-corrected chi connectivity index (χ0v) is 12.5. The van der Waals surface area contributed by atoms with E-state index in [1.807, 2.05) is 43.3 Å². The van der Waals surface area contributed by atoms with Crippen LogP contribution in [-0.4, -0.2) is 18.7 Å². The first-order valence-electron chi connectivity index (χ1n) is 6.68. The minimum atomic E-state index is 0.103. The number of hydrogen-bond acceptors (Lipinski definition) is 2. The second kappa shape index (κ2) is 7.15. The van der Waals surface area contributed by atoms with Crippen LogP contribution in [0, 0.1) is 0 Å². The van der Waals surface area contributed by atoms with Gasteiger partial charge in [0.25, 0.3) is 0 Å². The normalized spacial score (nSPS) is 11.8. The molecule has 1 aromatic rings. The molecule has 2 nitrogen and oxygen atoms in total. The van der Waals surface area contributed by atoms with Gasteiger partial charge in [0.1, 0.15) is 12.4 Å². The Hall–Kier alpha value is -1.54. The summed E-state index contributed by atoms with van der Waals surface area (Å²) >= 11 is 0. The molecule has 0 aliphatic heterocycles. The van der Waals surface area contributed by atoms with E-state index in [1.165, 1.54) is 0 Å². The van der Waals surface area contributed by atoms with Crippen LogP contribution < -0.4 is 10.1 Å². The van der Waals surface area contributed by atoms with Crippen molar-refractivity contribution in [2.24, 2.45) is 0 Å². The lowest BCUT2D eigenvalue weighted by Crippen LogP contribution is -2.37. The molecule has 0 aromatic heterocycles. The van der Waals surface area contributed by atoms with Gasteiger partial charge in [0, 0.05) is 17.6 Å². The average molecular weight is 259 g/mol. The molecule has 19 heavy (non-hydrogen) atoms. The number of para-hydroxylation sites is 1. The van der Waals surface area contributed by atoms with E-state index in [4.69, 9.17) is 4.74 Å². The maximum atomic E-state index is 5.83. The van der Waals surface area contributed by atoms with Crippen molar-refractivity contribution >= 4 is 6.08 Å². The fraction of sp³-hybridized carbons (Fsp3) is 0.412. The summed E-state index contributed by atoms with van der Waals surface area (Å²) in [5.41, 5.74) is 2.25. The smallest absolute Gasteiger partial charge is 0.126 e. The molecule has 0 spiro atoms. The molecule has 0 bridgehead atoms. The lowest BCUT2D eigenvalue weighted by molar-refractivity contribution is 0.341. The summed E-state index contributed by atoms with van der Waals surface area (Å²) in [5, 5.41) is 3.40. The van der Waals surface area contributed by atoms with Crippen molar-refractivity contribution in [1.29, 1.82) is 0 Å². The van der Waals surface area contributed by atoms with Gasteiger partial charge in [0.15, 0.2) is 0 Å². The first-order chi connectivity index (χ1) is 8.92. The van der Waals surface area contributed by atoms with Gasteiger partial charge < -0.3 is 10.1 Å². The molecule has 1 aromatic carbocycles. The number of benzene rings is 1. The topological polar surface area (TPSA) is 21.3 Å². The number of nitrogens with one attached hydrogen (secondary N) is 1. The van der Waals surface area contributed by atoms with E-state index in [9.17, 15) is 0 Å². The van der Waals surface area contributed by atoms with Crippen molar-refractivity contribution in [3.63, 3.8) is 0 Å². The molecule has 0 fully saturated rings. The van der Waals surface area contributed by atoms with Crippen molar-refractivity contribution in [3.05, 3.63) is 48.1 Å². The van der Waals surface area contributed by atoms with Gasteiger partial charge in [-0.1, -0.05) is 36.9 Å². The zero-order valence-electron chi connectivity index (χ0n) is 12.5. The van der Waals surface area contributed by atoms with E-state index < -0.39 is 0 Å². The second-order valence-electron chi connectivity index (χ2n) is 5.68. The molecule has 0 unspecified atom stereocenters. The van der Waals surface area contributed by atoms with Crippen LogP contribution in [0.4, 0.5) is 0 Å². The van der Waals surface area contributed by atoms with Crippen molar-refractivity contribution in [1.82, 2.24) is 5.32 Å². The first kappa shape index (κ1) is 15.5. The summed E-state index contributed by atoms with van der Waals surface area (Å²) in [6.07, 6.45) is 4.06. The Kier molecular flexibility index (Phi) is 5.84. The Morgan fingerprint density at radius 1 is 1.32 bits per heavy atom. The van der Waals surface area contributed by atoms with Crippen LogP contribution in [0.5, 0.6) is 5.75 Å². The monoisotopic (exact) mass is 259 g/mol. The van der Waals surface area contributed by atoms with Gasteiger partial charge >= 0.3 is 0 Å². The minimum Gasteiger partial charge on any atom is -0.489 e. The summed E-state index contributed by atoms with van der Waals surface area (Å²) in [4.78, 5) is 0. The van der Waals surface area contributed by atoms with Gasteiger partial charge in [-0.05, 0) is 39.3 Å². The molecule has 0 radical (unpaired) electrons. The van der Waals surface area contributed by atoms with Crippen LogP contribution in [0.15, 0.2) is 42.5 Å². The highest BCUT2D eigenvalue weighted by molar-refractivity contribution is 5.56. The third-order valence-electron chi connectivity index (χ3n) is 2.57. The molecule has 1 rings (SSSR count). The Morgan fingerprint density at radius 2 is 2.00 bits per heavy atom. The third-order valence-corrected chi connectivity index (χ3v) is 2.57. The van der Waals surface area contributed by atoms with Gasteiger partial charge in [-0.15, -0.1) is 0 Å². The van der Waals surface area contributed by atoms with Crippen LogP contribution >= 0.6 is 0 Å². The van der Waals surface area contributed by atoms with Crippen molar-refractivity contribution in [3.8, 4) is 5.75 Å². The van der Waals surface area contributed by atoms with Crippen molar-refractivity contribution in [2.75, 3.05) is 13.2 Å². The molecule has 1 N–H and O–H groups in total. The van der Waals surface area contributed by atoms with E-state index in [1.54, 1.807) is 0 Å². The first-order valence-corrected chi connectivity index (χ1v) is 6.68. The maximum absolute atomic E-state index is 5.83. The highest BCUT2D eigenvalue weighted by Gasteiger charge is 2.09. The van der Waals surface area contributed by atoms with Crippen LogP contribution in [0.2, 0.25) is 0 Å². The van der Waals surface area contributed by atoms with Crippen LogP contribution in [0.1, 0.15) is 33.3 Å². The molecule has 0 amide bonds. The van der Waals surface area contributed by atoms with Gasteiger partial charge in [-0.2, -0.15) is 0 Å². The average Bonchev–Trinajstić information content (AvgIpc) is 2.35. The fourth-order valence-corrected chi connectivity index (χ4v) is 1.55. The Labute approximate surface area is 117 Å². The zero-order chi connectivity index (χ0) is 14.3. The molecule has 0 aliphatic carbocycles. The highest BCUT2D eigenvalue weighted by atomic mass is 16.5. The lowest BCUT2D eigenvalue weighted by Gasteiger charge is -2.21. The van der Waals surface area contributed by atoms with Gasteiger partial charge in [0.2, 0.25) is 0 Å². The van der Waals surface area contributed by atoms with E-state index in [-0.39, 0.29) is 5.54 Å². The summed E-state index contributed by atoms with van der Waals surface area (Å²) in [6, 6.07) is 8.03. The summed E-state index contributed by atoms with van der Waals surface area (Å²) in [7, 11) is 0. The quantitative estimate of drug-likeness (QED) is 0.778. The molecule has 0 atom stereocenters. The van der Waals surface area contributed by atoms with Crippen LogP contribution in [0.25, 0.3) is 6.08 Å². The standard InChI is InChI=1S/C17H25NO/c1-6-9-15-10-7-8-11-16(15)19-13-14(2)12-18-17(3,4)5/h6-11,18H,2,12-13H2,1,3-5H3/b9-6+. The lowest BCUT2D eigenvalue weighted by atomic mass is 10.1. The number of rotatable bonds is 6. The van der Waals surface area contributed by atoms with E-state index in [0.29, 0.717) is 6.61 Å². The van der Waals surface area contributed by atoms with E-state index in [2.05, 4.69) is 32.7 Å². The minimum absolute atomic E-state index is 0.103. The highest BCUT2D eigenvalue weighted by Crippen LogP contribution is 2.19. The molecule has 0 saturated carbocycles. The van der Waals surface area contributed by atoms with Gasteiger partial charge in [0.05, 0.1) is 0 Å². The van der Waals surface area contributed by atoms with E-state index >= 15 is 0 Å². The summed E-state index contributed by atoms with van der Waals surface area (Å²) < 4.78 is 5.83. The summed E-state index contributed by atoms with van der Waals surface area (Å²) in [6.45, 7) is 13.8. The number of ether oxygens (including phenoxy) is 1. The second-order valence-corrected chi connectivity index (χ2v) is 5.68. The molecule has 2 heteroatoms. The predicted octanol–water partition coefficient (Wildman–Crippen LogP) is 4.04. The molecule has 0 saturated heterocycles. The summed E-state index contributed by atoms with van der Waals surface area (Å²) in [5.74, 6) is 0.900. The van der Waals surface area contributed by atoms with Crippen molar-refractivity contribution < 1.29 is 4.74 Å². The number of allylic oxidation sites excluding steroid dienone is 1. The largest absolute Gasteiger partial charge is 0.489 e. The molecule has 104 valence electrons. The molecular weight excluding hydrogens is 234 g/mol. The maximum Gasteiger partial charge on any atom is 0.126 e. The number of hydrogen-bond donors (Lipinski definition) is 1. The van der Waals surface area contributed by atoms with E-state index in [0.717, 1.165) is 23.4 Å². The fourth-order valence-electron chi connectivity index (χ4n) is 1.55. The van der Waals surface area contributed by atoms with Crippen LogP contribution in [-0.2, 0) is 0 Å². The molecular formula is C17H25NO. The molecule has 0 aliphatic rings. The SMILES string of the molecule is C=C(CNC(C)(C)C)COc1ccccc1/C=C/C. The Balaban J connectivity index is 2.51. The van der Waals surface area contributed by atoms with Crippen molar-refractivity contribution in [2.45, 2.75) is 33.2 Å². The Morgan fingerprint density at radius 3 is 2.63 bits per heavy atom. The third kappa shape index (κ3) is 6.25. The predicted molar refractivity (Wildman–Crippen MR) is 83.5 cm³/mol. The van der Waals surface area contributed by atoms with Gasteiger partial charge in [-0.25, -0.2) is 0 Å².